The number of para-hydroxylation sites is 1. The molecule has 0 N–H and O–H groups in total. The molecule has 12 heteroatoms. The second kappa shape index (κ2) is 11.8. The predicted octanol–water partition coefficient (Wildman–Crippen LogP) is 4.77. The van der Waals surface area contributed by atoms with E-state index in [4.69, 9.17) is 16.3 Å². The number of carbonyl (C=O) groups excluding carboxylic acids is 2. The number of pyridine rings is 1. The van der Waals surface area contributed by atoms with E-state index >= 15 is 0 Å². The molecule has 0 bridgehead atoms. The number of halogens is 4. The van der Waals surface area contributed by atoms with Gasteiger partial charge >= 0.3 is 6.18 Å². The Morgan fingerprint density at radius 1 is 1.15 bits per heavy atom. The van der Waals surface area contributed by atoms with Crippen molar-refractivity contribution in [3.63, 3.8) is 0 Å². The lowest BCUT2D eigenvalue weighted by molar-refractivity contribution is -0.137. The number of likely N-dealkylation sites (N-methyl/N-ethyl adjacent to an activating group) is 1. The number of ether oxygens (including phenoxy) is 1. The van der Waals surface area contributed by atoms with E-state index in [0.29, 0.717) is 28.4 Å². The van der Waals surface area contributed by atoms with Crippen molar-refractivity contribution in [3.8, 4) is 0 Å². The Morgan fingerprint density at radius 2 is 1.85 bits per heavy atom. The molecule has 222 valence electrons. The largest absolute Gasteiger partial charge is 0.416 e. The topological polar surface area (TPSA) is 69.2 Å². The van der Waals surface area contributed by atoms with Crippen molar-refractivity contribution in [2.75, 3.05) is 61.6 Å². The summed E-state index contributed by atoms with van der Waals surface area (Å²) in [7, 11) is 3.56. The van der Waals surface area contributed by atoms with Crippen LogP contribution in [0.4, 0.5) is 30.4 Å². The Hall–Kier alpha value is -2.89. The number of nitrogens with zero attached hydrogens (tertiary/aromatic N) is 5. The average molecular weight is 594 g/mol. The van der Waals surface area contributed by atoms with Crippen molar-refractivity contribution in [1.82, 2.24) is 9.88 Å². The van der Waals surface area contributed by atoms with Gasteiger partial charge in [-0.25, -0.2) is 4.98 Å². The van der Waals surface area contributed by atoms with Gasteiger partial charge in [-0.15, -0.1) is 0 Å². The molecule has 3 aliphatic rings. The van der Waals surface area contributed by atoms with Crippen LogP contribution in [0.15, 0.2) is 30.3 Å². The summed E-state index contributed by atoms with van der Waals surface area (Å²) in [6.45, 7) is 5.85. The fourth-order valence-electron chi connectivity index (χ4n) is 6.05. The van der Waals surface area contributed by atoms with Crippen LogP contribution in [0.25, 0.3) is 0 Å². The van der Waals surface area contributed by atoms with Gasteiger partial charge in [-0.3, -0.25) is 19.4 Å². The second-order valence-corrected chi connectivity index (χ2v) is 11.6. The predicted molar refractivity (Wildman–Crippen MR) is 152 cm³/mol. The van der Waals surface area contributed by atoms with Crippen molar-refractivity contribution in [1.29, 1.82) is 0 Å². The molecule has 5 rings (SSSR count). The summed E-state index contributed by atoms with van der Waals surface area (Å²) in [5.74, 6) is -0.567. The lowest BCUT2D eigenvalue weighted by Crippen LogP contribution is -2.52. The maximum absolute atomic E-state index is 13.9. The number of aromatic nitrogens is 1. The van der Waals surface area contributed by atoms with Gasteiger partial charge in [0.1, 0.15) is 11.9 Å². The molecule has 3 aliphatic heterocycles. The minimum Gasteiger partial charge on any atom is -0.378 e. The summed E-state index contributed by atoms with van der Waals surface area (Å²) in [5, 5.41) is 0.489. The number of hydrogen-bond donors (Lipinski definition) is 0. The minimum atomic E-state index is -4.61. The van der Waals surface area contributed by atoms with E-state index in [9.17, 15) is 22.8 Å². The molecule has 2 amide bonds. The van der Waals surface area contributed by atoms with Gasteiger partial charge in [-0.05, 0) is 69.5 Å². The molecule has 0 spiro atoms. The smallest absolute Gasteiger partial charge is 0.378 e. The molecule has 1 aromatic heterocycles. The van der Waals surface area contributed by atoms with Gasteiger partial charge in [0.15, 0.2) is 0 Å². The molecule has 0 radical (unpaired) electrons. The number of amides is 2. The van der Waals surface area contributed by atoms with E-state index < -0.39 is 29.6 Å². The van der Waals surface area contributed by atoms with Crippen LogP contribution in [0.5, 0.6) is 0 Å². The first kappa shape index (κ1) is 29.6. The highest BCUT2D eigenvalue weighted by molar-refractivity contribution is 6.34. The SMILES string of the molecule is Cc1cc(C(F)(F)F)cc(N2C(=O)CCC2C(=O)N(C)c2cccc(Cl)c2N(C)CC2CCN(C3COC3)CC2)n1. The van der Waals surface area contributed by atoms with Crippen LogP contribution in [-0.2, 0) is 20.5 Å². The van der Waals surface area contributed by atoms with Gasteiger partial charge in [0.25, 0.3) is 0 Å². The van der Waals surface area contributed by atoms with E-state index in [1.807, 2.05) is 7.05 Å². The highest BCUT2D eigenvalue weighted by Crippen LogP contribution is 2.39. The van der Waals surface area contributed by atoms with Crippen molar-refractivity contribution in [2.24, 2.45) is 5.92 Å². The number of aryl methyl sites for hydroxylation is 1. The first-order valence-corrected chi connectivity index (χ1v) is 14.3. The van der Waals surface area contributed by atoms with Crippen molar-refractivity contribution >= 4 is 40.6 Å². The highest BCUT2D eigenvalue weighted by Gasteiger charge is 2.41. The monoisotopic (exact) mass is 593 g/mol. The minimum absolute atomic E-state index is 0.0369. The van der Waals surface area contributed by atoms with Gasteiger partial charge < -0.3 is 14.5 Å². The molecule has 8 nitrogen and oxygen atoms in total. The summed E-state index contributed by atoms with van der Waals surface area (Å²) in [4.78, 5) is 38.0. The van der Waals surface area contributed by atoms with Crippen LogP contribution in [0.2, 0.25) is 5.02 Å². The number of hydrogen-bond acceptors (Lipinski definition) is 6. The molecule has 1 aromatic carbocycles. The van der Waals surface area contributed by atoms with Crippen LogP contribution in [0.3, 0.4) is 0 Å². The summed E-state index contributed by atoms with van der Waals surface area (Å²) in [6, 6.07) is 6.62. The number of likely N-dealkylation sites (tertiary alicyclic amines) is 1. The molecule has 4 heterocycles. The van der Waals surface area contributed by atoms with Gasteiger partial charge in [0, 0.05) is 32.8 Å². The normalized spacial score (nSPS) is 20.8. The van der Waals surface area contributed by atoms with Crippen LogP contribution >= 0.6 is 11.6 Å². The lowest BCUT2D eigenvalue weighted by atomic mass is 9.94. The third-order valence-corrected chi connectivity index (χ3v) is 8.67. The lowest BCUT2D eigenvalue weighted by Gasteiger charge is -2.42. The van der Waals surface area contributed by atoms with E-state index in [2.05, 4.69) is 14.8 Å². The summed E-state index contributed by atoms with van der Waals surface area (Å²) in [5.41, 5.74) is 0.467. The summed E-state index contributed by atoms with van der Waals surface area (Å²) in [6.07, 6.45) is -2.29. The highest BCUT2D eigenvalue weighted by atomic mass is 35.5. The zero-order valence-corrected chi connectivity index (χ0v) is 24.2. The Labute approximate surface area is 243 Å². The number of carbonyl (C=O) groups is 2. The number of piperidine rings is 1. The van der Waals surface area contributed by atoms with Crippen LogP contribution in [-0.4, -0.2) is 80.7 Å². The van der Waals surface area contributed by atoms with E-state index in [-0.39, 0.29) is 24.4 Å². The maximum atomic E-state index is 13.9. The van der Waals surface area contributed by atoms with Crippen molar-refractivity contribution < 1.29 is 27.5 Å². The Bertz CT molecular complexity index is 1300. The fraction of sp³-hybridized carbons (Fsp3) is 0.552. The quantitative estimate of drug-likeness (QED) is 0.461. The van der Waals surface area contributed by atoms with Crippen molar-refractivity contribution in [3.05, 3.63) is 46.6 Å². The Balaban J connectivity index is 1.35. The maximum Gasteiger partial charge on any atom is 0.416 e. The standard InChI is InChI=1S/C29H35ClF3N5O3/c1-18-13-20(29(31,32)33)14-25(34-18)38-24(7-8-26(38)39)28(40)36(3)23-6-4-5-22(30)27(23)35(2)15-19-9-11-37(12-10-19)21-16-41-17-21/h4-6,13-14,19,21,24H,7-12,15-17H2,1-3H3. The second-order valence-electron chi connectivity index (χ2n) is 11.2. The molecule has 0 aliphatic carbocycles. The molecule has 3 fully saturated rings. The molecule has 3 saturated heterocycles. The van der Waals surface area contributed by atoms with E-state index in [1.165, 1.54) is 11.8 Å². The summed E-state index contributed by atoms with van der Waals surface area (Å²) < 4.78 is 45.9. The molecule has 41 heavy (non-hydrogen) atoms. The Morgan fingerprint density at radius 3 is 2.49 bits per heavy atom. The molecule has 1 atom stereocenters. The van der Waals surface area contributed by atoms with Gasteiger partial charge in [0.2, 0.25) is 11.8 Å². The van der Waals surface area contributed by atoms with Crippen molar-refractivity contribution in [2.45, 2.75) is 50.9 Å². The molecular formula is C29H35ClF3N5O3. The van der Waals surface area contributed by atoms with E-state index in [1.54, 1.807) is 25.2 Å². The molecule has 1 unspecified atom stereocenters. The number of rotatable bonds is 7. The van der Waals surface area contributed by atoms with Crippen LogP contribution in [0.1, 0.15) is 36.9 Å². The third-order valence-electron chi connectivity index (χ3n) is 8.37. The Kier molecular flexibility index (Phi) is 8.50. The molecule has 2 aromatic rings. The van der Waals surface area contributed by atoms with Gasteiger partial charge in [0.05, 0.1) is 41.2 Å². The third kappa shape index (κ3) is 6.17. The molecule has 0 saturated carbocycles. The van der Waals surface area contributed by atoms with Gasteiger partial charge in [-0.2, -0.15) is 13.2 Å². The van der Waals surface area contributed by atoms with Crippen LogP contribution in [0, 0.1) is 12.8 Å². The number of anilines is 3. The first-order valence-electron chi connectivity index (χ1n) is 13.9. The van der Waals surface area contributed by atoms with Gasteiger partial charge in [-0.1, -0.05) is 17.7 Å². The molecular weight excluding hydrogens is 559 g/mol. The zero-order valence-electron chi connectivity index (χ0n) is 23.5. The number of alkyl halides is 3. The number of benzene rings is 1. The average Bonchev–Trinajstić information content (AvgIpc) is 3.28. The van der Waals surface area contributed by atoms with E-state index in [0.717, 1.165) is 62.7 Å². The zero-order chi connectivity index (χ0) is 29.5. The summed E-state index contributed by atoms with van der Waals surface area (Å²) >= 11 is 6.68. The first-order chi connectivity index (χ1) is 19.4. The van der Waals surface area contributed by atoms with Crippen LogP contribution < -0.4 is 14.7 Å². The fourth-order valence-corrected chi connectivity index (χ4v) is 6.36.